The number of hydrogen-bond donors (Lipinski definition) is 2. The van der Waals surface area contributed by atoms with E-state index in [0.29, 0.717) is 37.5 Å². The summed E-state index contributed by atoms with van der Waals surface area (Å²) in [7, 11) is -7.33. The van der Waals surface area contributed by atoms with Crippen LogP contribution in [0.25, 0.3) is 0 Å². The number of hydrogen-bond acceptors (Lipinski definition) is 4. The predicted octanol–water partition coefficient (Wildman–Crippen LogP) is 1.07. The summed E-state index contributed by atoms with van der Waals surface area (Å²) in [5.74, 6) is 0.734. The summed E-state index contributed by atoms with van der Waals surface area (Å²) < 4.78 is 47.4. The van der Waals surface area contributed by atoms with Gasteiger partial charge in [-0.1, -0.05) is 25.7 Å². The second-order valence-electron chi connectivity index (χ2n) is 7.62. The third kappa shape index (κ3) is 2.83. The maximum absolute atomic E-state index is 12.4. The van der Waals surface area contributed by atoms with Gasteiger partial charge in [-0.15, -0.1) is 0 Å². The van der Waals surface area contributed by atoms with Crippen LogP contribution in [0, 0.1) is 17.8 Å². The molecular formula is C14H26N2O4S2. The van der Waals surface area contributed by atoms with Gasteiger partial charge in [-0.2, -0.15) is 0 Å². The van der Waals surface area contributed by atoms with Crippen LogP contribution in [0.5, 0.6) is 0 Å². The van der Waals surface area contributed by atoms with Gasteiger partial charge in [-0.25, -0.2) is 27.1 Å². The first kappa shape index (κ1) is 16.7. The zero-order valence-corrected chi connectivity index (χ0v) is 14.4. The minimum absolute atomic E-state index is 0.173. The molecule has 22 heavy (non-hydrogen) atoms. The normalized spacial score (nSPS) is 43.2. The molecule has 4 aliphatic carbocycles. The number of fused-ring (bicyclic) bond motifs is 2. The lowest BCUT2D eigenvalue weighted by atomic mass is 9.63. The van der Waals surface area contributed by atoms with Crippen LogP contribution in [-0.4, -0.2) is 26.8 Å². The standard InChI is InChI=1S/C14H26N2O4S2/c15-21(17,18)13-5-6-14(22(16,19)20)9-11-3-1-10(2-4-11)7-12(14)8-13/h10-13H,1-9H2,(H2,15,17,18)(H2,16,19,20). The fourth-order valence-corrected chi connectivity index (χ4v) is 7.66. The SMILES string of the molecule is NS(=O)(=O)C1CCC2(S(N)(=O)=O)CC3CCC(CC3)CC2C1. The fourth-order valence-electron chi connectivity index (χ4n) is 5.19. The van der Waals surface area contributed by atoms with E-state index in [9.17, 15) is 16.8 Å². The minimum Gasteiger partial charge on any atom is -0.228 e. The average molecular weight is 351 g/mol. The van der Waals surface area contributed by atoms with Gasteiger partial charge in [0, 0.05) is 0 Å². The molecule has 8 heteroatoms. The number of rotatable bonds is 2. The van der Waals surface area contributed by atoms with Crippen LogP contribution in [0.15, 0.2) is 0 Å². The molecule has 2 bridgehead atoms. The second kappa shape index (κ2) is 5.43. The van der Waals surface area contributed by atoms with Crippen molar-refractivity contribution >= 4 is 20.0 Å². The van der Waals surface area contributed by atoms with Crippen molar-refractivity contribution in [1.82, 2.24) is 0 Å². The van der Waals surface area contributed by atoms with E-state index in [0.717, 1.165) is 32.1 Å². The third-order valence-electron chi connectivity index (χ3n) is 6.43. The van der Waals surface area contributed by atoms with Crippen LogP contribution in [0.3, 0.4) is 0 Å². The highest BCUT2D eigenvalue weighted by atomic mass is 32.2. The zero-order valence-electron chi connectivity index (χ0n) is 12.8. The smallest absolute Gasteiger partial charge is 0.215 e. The molecule has 0 radical (unpaired) electrons. The fraction of sp³-hybridized carbons (Fsp3) is 1.00. The molecule has 3 unspecified atom stereocenters. The van der Waals surface area contributed by atoms with E-state index in [1.807, 2.05) is 0 Å². The zero-order chi connectivity index (χ0) is 16.2. The van der Waals surface area contributed by atoms with Crippen LogP contribution in [0.2, 0.25) is 0 Å². The molecule has 4 fully saturated rings. The van der Waals surface area contributed by atoms with E-state index in [4.69, 9.17) is 10.3 Å². The topological polar surface area (TPSA) is 120 Å². The van der Waals surface area contributed by atoms with Gasteiger partial charge >= 0.3 is 0 Å². The maximum Gasteiger partial charge on any atom is 0.215 e. The quantitative estimate of drug-likeness (QED) is 0.773. The van der Waals surface area contributed by atoms with E-state index in [-0.39, 0.29) is 5.92 Å². The molecule has 128 valence electrons. The minimum atomic E-state index is -3.71. The highest BCUT2D eigenvalue weighted by molar-refractivity contribution is 7.90. The Morgan fingerprint density at radius 1 is 0.818 bits per heavy atom. The molecule has 6 nitrogen and oxygen atoms in total. The Morgan fingerprint density at radius 2 is 1.41 bits per heavy atom. The molecule has 4 N–H and O–H groups in total. The average Bonchev–Trinajstić information content (AvgIpc) is 2.35. The molecule has 3 atom stereocenters. The van der Waals surface area contributed by atoms with Gasteiger partial charge in [0.05, 0.1) is 10.00 Å². The Kier molecular flexibility index (Phi) is 4.11. The molecule has 4 aliphatic rings. The van der Waals surface area contributed by atoms with Crippen LogP contribution >= 0.6 is 0 Å². The second-order valence-corrected chi connectivity index (χ2v) is 11.4. The number of sulfonamides is 2. The molecule has 0 heterocycles. The molecule has 0 aliphatic heterocycles. The van der Waals surface area contributed by atoms with E-state index in [1.165, 1.54) is 0 Å². The highest BCUT2D eigenvalue weighted by Crippen LogP contribution is 2.53. The third-order valence-corrected chi connectivity index (χ3v) is 9.63. The highest BCUT2D eigenvalue weighted by Gasteiger charge is 2.55. The van der Waals surface area contributed by atoms with Crippen molar-refractivity contribution in [3.05, 3.63) is 0 Å². The number of nitrogens with two attached hydrogens (primary N) is 2. The Bertz CT molecular complexity index is 638. The monoisotopic (exact) mass is 350 g/mol. The summed E-state index contributed by atoms with van der Waals surface area (Å²) in [6, 6.07) is 0. The summed E-state index contributed by atoms with van der Waals surface area (Å²) in [6.07, 6.45) is 6.77. The molecule has 0 aromatic carbocycles. The molecular weight excluding hydrogens is 324 g/mol. The van der Waals surface area contributed by atoms with Crippen LogP contribution in [0.4, 0.5) is 0 Å². The van der Waals surface area contributed by atoms with Gasteiger partial charge in [0.15, 0.2) is 0 Å². The summed E-state index contributed by atoms with van der Waals surface area (Å²) >= 11 is 0. The van der Waals surface area contributed by atoms with Gasteiger partial charge in [0.25, 0.3) is 0 Å². The Hall–Kier alpha value is -0.180. The summed E-state index contributed by atoms with van der Waals surface area (Å²) in [5.41, 5.74) is 0. The largest absolute Gasteiger partial charge is 0.228 e. The van der Waals surface area contributed by atoms with Crippen molar-refractivity contribution in [3.63, 3.8) is 0 Å². The first-order valence-corrected chi connectivity index (χ1v) is 11.3. The Balaban J connectivity index is 1.99. The van der Waals surface area contributed by atoms with Crippen molar-refractivity contribution < 1.29 is 16.8 Å². The van der Waals surface area contributed by atoms with E-state index < -0.39 is 30.0 Å². The Morgan fingerprint density at radius 3 is 1.95 bits per heavy atom. The van der Waals surface area contributed by atoms with Gasteiger partial charge in [0.2, 0.25) is 20.0 Å². The molecule has 0 aromatic heterocycles. The molecule has 0 amide bonds. The molecule has 4 rings (SSSR count). The van der Waals surface area contributed by atoms with Crippen molar-refractivity contribution in [3.8, 4) is 0 Å². The Labute approximate surface area is 133 Å². The molecule has 0 saturated heterocycles. The first-order chi connectivity index (χ1) is 10.1. The molecule has 0 aromatic rings. The van der Waals surface area contributed by atoms with Gasteiger partial charge in [-0.05, 0) is 49.9 Å². The van der Waals surface area contributed by atoms with Crippen molar-refractivity contribution in [1.29, 1.82) is 0 Å². The maximum atomic E-state index is 12.4. The van der Waals surface area contributed by atoms with E-state index >= 15 is 0 Å². The molecule has 0 spiro atoms. The number of primary sulfonamides is 2. The van der Waals surface area contributed by atoms with Crippen molar-refractivity contribution in [2.75, 3.05) is 0 Å². The van der Waals surface area contributed by atoms with Crippen LogP contribution in [0.1, 0.15) is 57.8 Å². The lowest BCUT2D eigenvalue weighted by Gasteiger charge is -2.50. The van der Waals surface area contributed by atoms with Crippen molar-refractivity contribution in [2.45, 2.75) is 67.8 Å². The van der Waals surface area contributed by atoms with E-state index in [2.05, 4.69) is 0 Å². The van der Waals surface area contributed by atoms with Gasteiger partial charge in [-0.3, -0.25) is 0 Å². The summed E-state index contributed by atoms with van der Waals surface area (Å²) in [6.45, 7) is 0. The van der Waals surface area contributed by atoms with E-state index in [1.54, 1.807) is 0 Å². The molecule has 4 saturated carbocycles. The summed E-state index contributed by atoms with van der Waals surface area (Å²) in [4.78, 5) is 0. The predicted molar refractivity (Wildman–Crippen MR) is 84.8 cm³/mol. The van der Waals surface area contributed by atoms with Gasteiger partial charge < -0.3 is 0 Å². The first-order valence-electron chi connectivity index (χ1n) is 8.16. The summed E-state index contributed by atoms with van der Waals surface area (Å²) in [5, 5.41) is 10.4. The van der Waals surface area contributed by atoms with Crippen molar-refractivity contribution in [2.24, 2.45) is 28.0 Å². The lowest BCUT2D eigenvalue weighted by molar-refractivity contribution is 0.110. The van der Waals surface area contributed by atoms with Crippen LogP contribution < -0.4 is 10.3 Å². The lowest BCUT2D eigenvalue weighted by Crippen LogP contribution is -2.57. The van der Waals surface area contributed by atoms with Gasteiger partial charge in [0.1, 0.15) is 0 Å². The van der Waals surface area contributed by atoms with Crippen LogP contribution in [-0.2, 0) is 20.0 Å².